The Hall–Kier alpha value is -2.45. The van der Waals surface area contributed by atoms with Crippen LogP contribution < -0.4 is 19.1 Å². The predicted molar refractivity (Wildman–Crippen MR) is 116 cm³/mol. The first-order valence-corrected chi connectivity index (χ1v) is 11.1. The average Bonchev–Trinajstić information content (AvgIpc) is 2.66. The molecule has 0 saturated carbocycles. The minimum Gasteiger partial charge on any atom is -0.493 e. The molecule has 2 aromatic rings. The van der Waals surface area contributed by atoms with Gasteiger partial charge in [0.25, 0.3) is 0 Å². The minimum absolute atomic E-state index is 0.153. The summed E-state index contributed by atoms with van der Waals surface area (Å²) < 4.78 is 36.2. The second-order valence-electron chi connectivity index (χ2n) is 6.44. The summed E-state index contributed by atoms with van der Waals surface area (Å²) >= 11 is 6.12. The molecule has 9 heteroatoms. The first kappa shape index (κ1) is 22.8. The molecule has 2 aromatic carbocycles. The molecule has 0 saturated heterocycles. The van der Waals surface area contributed by atoms with Crippen molar-refractivity contribution in [3.8, 4) is 11.5 Å². The summed E-state index contributed by atoms with van der Waals surface area (Å²) in [6.07, 6.45) is 1.63. The molecule has 0 aromatic heterocycles. The molecule has 0 aliphatic rings. The molecular formula is C20H25ClN2O5S. The Kier molecular flexibility index (Phi) is 7.75. The van der Waals surface area contributed by atoms with E-state index in [-0.39, 0.29) is 18.9 Å². The van der Waals surface area contributed by atoms with Crippen LogP contribution in [-0.2, 0) is 14.8 Å². The number of carbonyl (C=O) groups is 1. The Labute approximate surface area is 176 Å². The fraction of sp³-hybridized carbons (Fsp3) is 0.350. The highest BCUT2D eigenvalue weighted by molar-refractivity contribution is 7.92. The smallest absolute Gasteiger partial charge is 0.232 e. The average molecular weight is 441 g/mol. The summed E-state index contributed by atoms with van der Waals surface area (Å²) in [6.45, 7) is 1.93. The van der Waals surface area contributed by atoms with E-state index in [0.29, 0.717) is 39.9 Å². The van der Waals surface area contributed by atoms with Gasteiger partial charge in [0, 0.05) is 29.7 Å². The van der Waals surface area contributed by atoms with Crippen molar-refractivity contribution < 1.29 is 22.7 Å². The molecule has 0 aliphatic carbocycles. The number of ether oxygens (including phenoxy) is 2. The third-order valence-corrected chi connectivity index (χ3v) is 5.93. The Morgan fingerprint density at radius 1 is 1.14 bits per heavy atom. The van der Waals surface area contributed by atoms with Gasteiger partial charge in [0.1, 0.15) is 0 Å². The zero-order chi connectivity index (χ0) is 21.6. The van der Waals surface area contributed by atoms with Gasteiger partial charge in [-0.15, -0.1) is 0 Å². The number of amides is 1. The van der Waals surface area contributed by atoms with Crippen LogP contribution in [-0.4, -0.2) is 41.3 Å². The van der Waals surface area contributed by atoms with Crippen LogP contribution in [0.4, 0.5) is 11.4 Å². The predicted octanol–water partition coefficient (Wildman–Crippen LogP) is 3.85. The van der Waals surface area contributed by atoms with Crippen LogP contribution in [0.3, 0.4) is 0 Å². The topological polar surface area (TPSA) is 84.9 Å². The molecule has 0 atom stereocenters. The molecule has 0 aliphatic heterocycles. The molecule has 158 valence electrons. The molecule has 0 spiro atoms. The van der Waals surface area contributed by atoms with Gasteiger partial charge >= 0.3 is 0 Å². The van der Waals surface area contributed by atoms with Crippen LogP contribution in [0.1, 0.15) is 18.4 Å². The third-order valence-electron chi connectivity index (χ3n) is 4.34. The van der Waals surface area contributed by atoms with Gasteiger partial charge in [0.05, 0.1) is 26.2 Å². The molecule has 0 heterocycles. The Bertz CT molecular complexity index is 979. The lowest BCUT2D eigenvalue weighted by Crippen LogP contribution is -2.32. The number of methoxy groups -OCH3 is 2. The lowest BCUT2D eigenvalue weighted by molar-refractivity contribution is -0.116. The van der Waals surface area contributed by atoms with Gasteiger partial charge in [0.2, 0.25) is 15.9 Å². The summed E-state index contributed by atoms with van der Waals surface area (Å²) in [4.78, 5) is 12.3. The molecule has 0 bridgehead atoms. The fourth-order valence-corrected chi connectivity index (χ4v) is 4.04. The largest absolute Gasteiger partial charge is 0.493 e. The van der Waals surface area contributed by atoms with E-state index in [1.165, 1.54) is 18.5 Å². The van der Waals surface area contributed by atoms with Crippen LogP contribution in [0.2, 0.25) is 5.02 Å². The molecule has 1 N–H and O–H groups in total. The molecule has 29 heavy (non-hydrogen) atoms. The van der Waals surface area contributed by atoms with Gasteiger partial charge in [-0.05, 0) is 43.2 Å². The summed E-state index contributed by atoms with van der Waals surface area (Å²) in [5, 5.41) is 3.27. The van der Waals surface area contributed by atoms with Crippen molar-refractivity contribution in [2.24, 2.45) is 0 Å². The van der Waals surface area contributed by atoms with E-state index in [4.69, 9.17) is 21.1 Å². The van der Waals surface area contributed by atoms with Crippen molar-refractivity contribution in [2.75, 3.05) is 36.6 Å². The number of hydrogen-bond donors (Lipinski definition) is 1. The van der Waals surface area contributed by atoms with Crippen LogP contribution >= 0.6 is 11.6 Å². The number of rotatable bonds is 9. The van der Waals surface area contributed by atoms with E-state index in [0.717, 1.165) is 6.26 Å². The van der Waals surface area contributed by atoms with Gasteiger partial charge < -0.3 is 14.8 Å². The number of sulfonamides is 1. The molecule has 2 rings (SSSR count). The van der Waals surface area contributed by atoms with Crippen molar-refractivity contribution in [2.45, 2.75) is 19.8 Å². The van der Waals surface area contributed by atoms with Crippen molar-refractivity contribution in [1.82, 2.24) is 0 Å². The number of benzene rings is 2. The van der Waals surface area contributed by atoms with E-state index in [9.17, 15) is 13.2 Å². The Morgan fingerprint density at radius 2 is 1.83 bits per heavy atom. The third kappa shape index (κ3) is 6.01. The lowest BCUT2D eigenvalue weighted by atomic mass is 10.2. The lowest BCUT2D eigenvalue weighted by Gasteiger charge is -2.24. The number of carbonyl (C=O) groups excluding carboxylic acids is 1. The highest BCUT2D eigenvalue weighted by atomic mass is 35.5. The molecular weight excluding hydrogens is 416 g/mol. The van der Waals surface area contributed by atoms with Crippen molar-refractivity contribution in [3.05, 3.63) is 47.0 Å². The maximum absolute atomic E-state index is 12.3. The number of hydrogen-bond acceptors (Lipinski definition) is 5. The minimum atomic E-state index is -3.52. The second-order valence-corrected chi connectivity index (χ2v) is 8.75. The zero-order valence-corrected chi connectivity index (χ0v) is 18.4. The van der Waals surface area contributed by atoms with E-state index < -0.39 is 10.0 Å². The number of nitrogens with one attached hydrogen (secondary N) is 1. The van der Waals surface area contributed by atoms with E-state index in [1.807, 2.05) is 0 Å². The molecule has 1 amide bonds. The van der Waals surface area contributed by atoms with Crippen LogP contribution in [0.5, 0.6) is 11.5 Å². The second kappa shape index (κ2) is 9.84. The Balaban J connectivity index is 2.03. The highest BCUT2D eigenvalue weighted by Gasteiger charge is 2.20. The van der Waals surface area contributed by atoms with E-state index in [2.05, 4.69) is 5.32 Å². The van der Waals surface area contributed by atoms with Gasteiger partial charge in [-0.3, -0.25) is 9.10 Å². The summed E-state index contributed by atoms with van der Waals surface area (Å²) in [6, 6.07) is 10.2. The standard InChI is InChI=1S/C20H25ClN2O5S/c1-14-16(21)7-5-8-17(14)23(29(4,25)26)12-6-9-20(24)22-15-10-11-18(27-2)19(13-15)28-3/h5,7-8,10-11,13H,6,9,12H2,1-4H3,(H,22,24). The maximum Gasteiger partial charge on any atom is 0.232 e. The van der Waals surface area contributed by atoms with Crippen LogP contribution in [0, 0.1) is 6.92 Å². The van der Waals surface area contributed by atoms with E-state index in [1.54, 1.807) is 43.3 Å². The summed E-state index contributed by atoms with van der Waals surface area (Å²) in [5.74, 6) is 0.838. The maximum atomic E-state index is 12.3. The zero-order valence-electron chi connectivity index (χ0n) is 16.9. The first-order chi connectivity index (χ1) is 13.7. The van der Waals surface area contributed by atoms with Crippen molar-refractivity contribution in [3.63, 3.8) is 0 Å². The SMILES string of the molecule is COc1ccc(NC(=O)CCCN(c2cccc(Cl)c2C)S(C)(=O)=O)cc1OC. The molecule has 7 nitrogen and oxygen atoms in total. The summed E-state index contributed by atoms with van der Waals surface area (Å²) in [5.41, 5.74) is 1.76. The monoisotopic (exact) mass is 440 g/mol. The van der Waals surface area contributed by atoms with Crippen LogP contribution in [0.25, 0.3) is 0 Å². The summed E-state index contributed by atoms with van der Waals surface area (Å²) in [7, 11) is -0.470. The van der Waals surface area contributed by atoms with Gasteiger partial charge in [-0.1, -0.05) is 17.7 Å². The Morgan fingerprint density at radius 3 is 2.45 bits per heavy atom. The number of nitrogens with zero attached hydrogens (tertiary/aromatic N) is 1. The highest BCUT2D eigenvalue weighted by Crippen LogP contribution is 2.30. The fourth-order valence-electron chi connectivity index (χ4n) is 2.85. The van der Waals surface area contributed by atoms with Crippen molar-refractivity contribution >= 4 is 38.9 Å². The van der Waals surface area contributed by atoms with Crippen molar-refractivity contribution in [1.29, 1.82) is 0 Å². The molecule has 0 fully saturated rings. The quantitative estimate of drug-likeness (QED) is 0.640. The van der Waals surface area contributed by atoms with Gasteiger partial charge in [-0.25, -0.2) is 8.42 Å². The van der Waals surface area contributed by atoms with E-state index >= 15 is 0 Å². The number of anilines is 2. The molecule has 0 unspecified atom stereocenters. The normalized spacial score (nSPS) is 11.1. The van der Waals surface area contributed by atoms with Gasteiger partial charge in [0.15, 0.2) is 11.5 Å². The number of halogens is 1. The first-order valence-electron chi connectivity index (χ1n) is 8.92. The molecule has 0 radical (unpaired) electrons. The van der Waals surface area contributed by atoms with Gasteiger partial charge in [-0.2, -0.15) is 0 Å². The van der Waals surface area contributed by atoms with Crippen LogP contribution in [0.15, 0.2) is 36.4 Å².